The topological polar surface area (TPSA) is 121 Å². The van der Waals surface area contributed by atoms with Crippen LogP contribution in [0.25, 0.3) is 0 Å². The summed E-state index contributed by atoms with van der Waals surface area (Å²) in [7, 11) is 0. The van der Waals surface area contributed by atoms with E-state index in [1.807, 2.05) is 0 Å². The van der Waals surface area contributed by atoms with Crippen LogP contribution in [0, 0.1) is 0 Å². The van der Waals surface area contributed by atoms with E-state index < -0.39 is 36.4 Å². The molecule has 1 unspecified atom stereocenters. The fourth-order valence-corrected chi connectivity index (χ4v) is 0.785. The van der Waals surface area contributed by atoms with E-state index >= 15 is 0 Å². The second-order valence-corrected chi connectivity index (χ2v) is 2.69. The third-order valence-corrected chi connectivity index (χ3v) is 1.54. The standard InChI is InChI=1S/C6H7ClO7.Na.H/c7-14-4(10)2-6(13,5(11)12)1-3(8)9;;/h13H,1-2H2,(H,8,9)(H,11,12);;/q;+1;-1. The first-order valence-corrected chi connectivity index (χ1v) is 3.61. The van der Waals surface area contributed by atoms with E-state index in [4.69, 9.17) is 10.2 Å². The first-order valence-electron chi connectivity index (χ1n) is 3.31. The summed E-state index contributed by atoms with van der Waals surface area (Å²) in [5, 5.41) is 26.0. The SMILES string of the molecule is O=C(O)CC(O)(CC(=O)OCl)C(=O)O.[H-].[Na+]. The fraction of sp³-hybridized carbons (Fsp3) is 0.500. The van der Waals surface area contributed by atoms with Crippen LogP contribution in [-0.4, -0.2) is 38.8 Å². The first kappa shape index (κ1) is 17.1. The molecule has 0 aliphatic heterocycles. The zero-order valence-corrected chi connectivity index (χ0v) is 10.5. The van der Waals surface area contributed by atoms with Gasteiger partial charge in [0.15, 0.2) is 5.60 Å². The van der Waals surface area contributed by atoms with Crippen molar-refractivity contribution >= 4 is 29.8 Å². The molecule has 15 heavy (non-hydrogen) atoms. The molecule has 0 aromatic carbocycles. The minimum Gasteiger partial charge on any atom is -1.00 e. The van der Waals surface area contributed by atoms with Gasteiger partial charge in [0.05, 0.1) is 12.8 Å². The van der Waals surface area contributed by atoms with Gasteiger partial charge in [-0.1, -0.05) is 0 Å². The third kappa shape index (κ3) is 5.95. The molecular weight excluding hydrogens is 243 g/mol. The van der Waals surface area contributed by atoms with Crippen LogP contribution < -0.4 is 29.6 Å². The van der Waals surface area contributed by atoms with E-state index in [0.717, 1.165) is 0 Å². The molecule has 1 atom stereocenters. The van der Waals surface area contributed by atoms with E-state index in [1.54, 1.807) is 0 Å². The molecular formula is C6H8ClNaO7. The van der Waals surface area contributed by atoms with Gasteiger partial charge in [0.2, 0.25) is 0 Å². The molecule has 0 bridgehead atoms. The number of hydrogen-bond donors (Lipinski definition) is 3. The number of carboxylic acid groups (broad SMARTS) is 2. The predicted octanol–water partition coefficient (Wildman–Crippen LogP) is -3.52. The summed E-state index contributed by atoms with van der Waals surface area (Å²) >= 11 is 4.60. The van der Waals surface area contributed by atoms with Gasteiger partial charge in [0.1, 0.15) is 11.9 Å². The first-order chi connectivity index (χ1) is 6.31. The molecule has 0 saturated heterocycles. The average Bonchev–Trinajstić information content (AvgIpc) is 2.02. The number of carboxylic acids is 2. The molecule has 0 heterocycles. The Hall–Kier alpha value is -0.340. The van der Waals surface area contributed by atoms with Gasteiger partial charge in [-0.25, -0.2) is 4.79 Å². The minimum absolute atomic E-state index is 0. The molecule has 0 amide bonds. The summed E-state index contributed by atoms with van der Waals surface area (Å²) in [5.74, 6) is -4.61. The quantitative estimate of drug-likeness (QED) is 0.433. The van der Waals surface area contributed by atoms with Crippen molar-refractivity contribution in [1.82, 2.24) is 0 Å². The largest absolute Gasteiger partial charge is 1.00 e. The van der Waals surface area contributed by atoms with Crippen molar-refractivity contribution in [3.05, 3.63) is 0 Å². The molecule has 0 rings (SSSR count). The number of aliphatic hydroxyl groups is 1. The number of carbonyl (C=O) groups is 3. The van der Waals surface area contributed by atoms with Gasteiger partial charge in [-0.05, 0) is 0 Å². The molecule has 82 valence electrons. The molecule has 0 radical (unpaired) electrons. The van der Waals surface area contributed by atoms with Crippen molar-refractivity contribution in [2.45, 2.75) is 18.4 Å². The summed E-state index contributed by atoms with van der Waals surface area (Å²) in [5.41, 5.74) is -2.70. The Morgan fingerprint density at radius 3 is 2.00 bits per heavy atom. The minimum atomic E-state index is -2.70. The zero-order valence-electron chi connectivity index (χ0n) is 8.77. The Balaban J connectivity index is -0.000000845. The van der Waals surface area contributed by atoms with Gasteiger partial charge in [0.25, 0.3) is 0 Å². The van der Waals surface area contributed by atoms with Crippen LogP contribution in [0.5, 0.6) is 0 Å². The zero-order chi connectivity index (χ0) is 11.4. The van der Waals surface area contributed by atoms with Gasteiger partial charge in [-0.3, -0.25) is 9.59 Å². The Labute approximate surface area is 113 Å². The van der Waals surface area contributed by atoms with Crippen LogP contribution in [0.3, 0.4) is 0 Å². The van der Waals surface area contributed by atoms with Crippen molar-refractivity contribution in [3.8, 4) is 0 Å². The van der Waals surface area contributed by atoms with Crippen molar-refractivity contribution in [2.24, 2.45) is 0 Å². The molecule has 0 saturated carbocycles. The summed E-state index contributed by atoms with van der Waals surface area (Å²) < 4.78 is 3.59. The van der Waals surface area contributed by atoms with Crippen LogP contribution in [0.2, 0.25) is 0 Å². The third-order valence-electron chi connectivity index (χ3n) is 1.36. The van der Waals surface area contributed by atoms with Crippen molar-refractivity contribution in [3.63, 3.8) is 0 Å². The van der Waals surface area contributed by atoms with Gasteiger partial charge in [-0.2, -0.15) is 0 Å². The number of carbonyl (C=O) groups excluding carboxylic acids is 1. The second-order valence-electron chi connectivity index (χ2n) is 2.53. The Morgan fingerprint density at radius 1 is 1.27 bits per heavy atom. The maximum Gasteiger partial charge on any atom is 1.00 e. The van der Waals surface area contributed by atoms with Crippen LogP contribution in [-0.2, 0) is 18.7 Å². The number of halogens is 1. The van der Waals surface area contributed by atoms with Gasteiger partial charge in [0, 0.05) is 0 Å². The Bertz CT molecular complexity index is 274. The van der Waals surface area contributed by atoms with Crippen molar-refractivity contribution in [1.29, 1.82) is 0 Å². The van der Waals surface area contributed by atoms with Crippen LogP contribution in [0.4, 0.5) is 0 Å². The molecule has 0 fully saturated rings. The number of aliphatic carboxylic acids is 2. The molecule has 7 nitrogen and oxygen atoms in total. The van der Waals surface area contributed by atoms with Gasteiger partial charge >= 0.3 is 47.5 Å². The van der Waals surface area contributed by atoms with E-state index in [1.165, 1.54) is 0 Å². The van der Waals surface area contributed by atoms with E-state index in [-0.39, 0.29) is 31.0 Å². The average molecular weight is 251 g/mol. The molecule has 0 aromatic heterocycles. The predicted molar refractivity (Wildman–Crippen MR) is 42.5 cm³/mol. The molecule has 3 N–H and O–H groups in total. The smallest absolute Gasteiger partial charge is 1.00 e. The van der Waals surface area contributed by atoms with E-state index in [2.05, 4.69) is 16.2 Å². The van der Waals surface area contributed by atoms with E-state index in [9.17, 15) is 19.5 Å². The summed E-state index contributed by atoms with van der Waals surface area (Å²) in [4.78, 5) is 31.2. The second kappa shape index (κ2) is 7.02. The molecule has 9 heteroatoms. The number of rotatable bonds is 5. The van der Waals surface area contributed by atoms with Crippen LogP contribution in [0.15, 0.2) is 0 Å². The van der Waals surface area contributed by atoms with Crippen LogP contribution >= 0.6 is 11.9 Å². The fourth-order valence-electron chi connectivity index (χ4n) is 0.730. The Kier molecular flexibility index (Phi) is 7.99. The summed E-state index contributed by atoms with van der Waals surface area (Å²) in [6, 6.07) is 0. The van der Waals surface area contributed by atoms with Gasteiger partial charge in [-0.15, -0.1) is 0 Å². The van der Waals surface area contributed by atoms with Crippen molar-refractivity contribution < 1.29 is 65.0 Å². The molecule has 0 aromatic rings. The Morgan fingerprint density at radius 2 is 1.73 bits per heavy atom. The normalized spacial score (nSPS) is 13.2. The van der Waals surface area contributed by atoms with Crippen molar-refractivity contribution in [2.75, 3.05) is 0 Å². The molecule has 0 aliphatic carbocycles. The van der Waals surface area contributed by atoms with Crippen LogP contribution in [0.1, 0.15) is 14.3 Å². The summed E-state index contributed by atoms with van der Waals surface area (Å²) in [6.45, 7) is 0. The molecule has 0 aliphatic rings. The molecule has 0 spiro atoms. The van der Waals surface area contributed by atoms with E-state index in [0.29, 0.717) is 0 Å². The maximum atomic E-state index is 10.5. The summed E-state index contributed by atoms with van der Waals surface area (Å²) in [6.07, 6.45) is -2.15. The monoisotopic (exact) mass is 250 g/mol. The maximum absolute atomic E-state index is 10.5. The van der Waals surface area contributed by atoms with Gasteiger partial charge < -0.3 is 21.0 Å². The number of hydrogen-bond acceptors (Lipinski definition) is 5.